The van der Waals surface area contributed by atoms with Gasteiger partial charge in [0.15, 0.2) is 0 Å². The molecule has 1 aromatic rings. The molecule has 2 rings (SSSR count). The van der Waals surface area contributed by atoms with Gasteiger partial charge in [0.05, 0.1) is 6.04 Å². The molecule has 1 fully saturated rings. The van der Waals surface area contributed by atoms with E-state index >= 15 is 0 Å². The van der Waals surface area contributed by atoms with Crippen molar-refractivity contribution in [3.8, 4) is 5.75 Å². The average molecular weight is 306 g/mol. The smallest absolute Gasteiger partial charge is 0.410 e. The lowest BCUT2D eigenvalue weighted by molar-refractivity contribution is 0.0114. The molecular weight excluding hydrogens is 280 g/mol. The molecular formula is C17H26N2O3. The number of phenolic OH excluding ortho intramolecular Hbond substituents is 1. The maximum absolute atomic E-state index is 12.3. The van der Waals surface area contributed by atoms with Crippen LogP contribution in [0.25, 0.3) is 0 Å². The van der Waals surface area contributed by atoms with Crippen LogP contribution in [0.15, 0.2) is 24.3 Å². The van der Waals surface area contributed by atoms with Crippen molar-refractivity contribution in [2.75, 3.05) is 18.4 Å². The molecule has 1 aliphatic heterocycles. The number of phenols is 1. The maximum atomic E-state index is 12.3. The van der Waals surface area contributed by atoms with E-state index in [-0.39, 0.29) is 17.9 Å². The van der Waals surface area contributed by atoms with Gasteiger partial charge in [-0.05, 0) is 64.3 Å². The Balaban J connectivity index is 1.94. The summed E-state index contributed by atoms with van der Waals surface area (Å²) in [7, 11) is 0. The molecule has 1 atom stereocenters. The third-order valence-electron chi connectivity index (χ3n) is 3.66. The second kappa shape index (κ2) is 6.90. The van der Waals surface area contributed by atoms with E-state index in [1.54, 1.807) is 12.1 Å². The standard InChI is InChI=1S/C17H26N2O3/c1-17(2,3)22-16(21)19-11-5-4-6-14(19)12-18-13-7-9-15(20)10-8-13/h7-10,14,18,20H,4-6,11-12H2,1-3H3. The third kappa shape index (κ3) is 4.83. The van der Waals surface area contributed by atoms with E-state index in [4.69, 9.17) is 4.74 Å². The normalized spacial score (nSPS) is 18.9. The number of nitrogens with one attached hydrogen (secondary N) is 1. The number of nitrogens with zero attached hydrogens (tertiary/aromatic N) is 1. The largest absolute Gasteiger partial charge is 0.508 e. The Hall–Kier alpha value is -1.91. The summed E-state index contributed by atoms with van der Waals surface area (Å²) < 4.78 is 5.50. The van der Waals surface area contributed by atoms with E-state index in [0.717, 1.165) is 31.5 Å². The molecule has 0 saturated carbocycles. The number of benzene rings is 1. The first-order chi connectivity index (χ1) is 10.3. The molecule has 1 unspecified atom stereocenters. The number of likely N-dealkylation sites (tertiary alicyclic amines) is 1. The Kier molecular flexibility index (Phi) is 5.16. The van der Waals surface area contributed by atoms with Crippen LogP contribution in [0.3, 0.4) is 0 Å². The zero-order valence-corrected chi connectivity index (χ0v) is 13.6. The van der Waals surface area contributed by atoms with Gasteiger partial charge in [0.2, 0.25) is 0 Å². The SMILES string of the molecule is CC(C)(C)OC(=O)N1CCCCC1CNc1ccc(O)cc1. The Morgan fingerprint density at radius 1 is 1.32 bits per heavy atom. The van der Waals surface area contributed by atoms with Crippen LogP contribution in [0.4, 0.5) is 10.5 Å². The fraction of sp³-hybridized carbons (Fsp3) is 0.588. The van der Waals surface area contributed by atoms with Gasteiger partial charge in [-0.3, -0.25) is 0 Å². The fourth-order valence-electron chi connectivity index (χ4n) is 2.59. The number of anilines is 1. The monoisotopic (exact) mass is 306 g/mol. The van der Waals surface area contributed by atoms with Gasteiger partial charge in [-0.1, -0.05) is 0 Å². The quantitative estimate of drug-likeness (QED) is 0.838. The Morgan fingerprint density at radius 3 is 2.64 bits per heavy atom. The van der Waals surface area contributed by atoms with Gasteiger partial charge < -0.3 is 20.1 Å². The first-order valence-electron chi connectivity index (χ1n) is 7.88. The number of piperidine rings is 1. The van der Waals surface area contributed by atoms with E-state index in [2.05, 4.69) is 5.32 Å². The van der Waals surface area contributed by atoms with E-state index in [0.29, 0.717) is 6.54 Å². The molecule has 2 N–H and O–H groups in total. The van der Waals surface area contributed by atoms with E-state index < -0.39 is 5.60 Å². The van der Waals surface area contributed by atoms with Crippen molar-refractivity contribution in [2.45, 2.75) is 51.7 Å². The predicted octanol–water partition coefficient (Wildman–Crippen LogP) is 3.59. The number of hydrogen-bond donors (Lipinski definition) is 2. The van der Waals surface area contributed by atoms with Gasteiger partial charge in [0.25, 0.3) is 0 Å². The zero-order chi connectivity index (χ0) is 16.2. The van der Waals surface area contributed by atoms with Crippen molar-refractivity contribution in [3.63, 3.8) is 0 Å². The molecule has 1 amide bonds. The second-order valence-electron chi connectivity index (χ2n) is 6.75. The van der Waals surface area contributed by atoms with Crippen LogP contribution in [0.5, 0.6) is 5.75 Å². The number of carbonyl (C=O) groups is 1. The molecule has 0 spiro atoms. The molecule has 0 aromatic heterocycles. The molecule has 0 bridgehead atoms. The number of ether oxygens (including phenoxy) is 1. The van der Waals surface area contributed by atoms with Gasteiger partial charge in [0.1, 0.15) is 11.4 Å². The fourth-order valence-corrected chi connectivity index (χ4v) is 2.59. The van der Waals surface area contributed by atoms with Crippen molar-refractivity contribution >= 4 is 11.8 Å². The van der Waals surface area contributed by atoms with Gasteiger partial charge in [-0.25, -0.2) is 4.79 Å². The average Bonchev–Trinajstić information content (AvgIpc) is 2.45. The van der Waals surface area contributed by atoms with Crippen molar-refractivity contribution in [1.82, 2.24) is 4.90 Å². The summed E-state index contributed by atoms with van der Waals surface area (Å²) in [6.07, 6.45) is 2.89. The molecule has 5 nitrogen and oxygen atoms in total. The summed E-state index contributed by atoms with van der Waals surface area (Å²) in [6.45, 7) is 7.09. The highest BCUT2D eigenvalue weighted by Gasteiger charge is 2.30. The molecule has 1 saturated heterocycles. The summed E-state index contributed by atoms with van der Waals surface area (Å²) in [6, 6.07) is 7.09. The molecule has 1 aromatic carbocycles. The van der Waals surface area contributed by atoms with Gasteiger partial charge >= 0.3 is 6.09 Å². The summed E-state index contributed by atoms with van der Waals surface area (Å²) in [5.41, 5.74) is 0.469. The molecule has 0 aliphatic carbocycles. The molecule has 0 radical (unpaired) electrons. The Morgan fingerprint density at radius 2 is 2.00 bits per heavy atom. The van der Waals surface area contributed by atoms with E-state index in [1.807, 2.05) is 37.8 Å². The van der Waals surface area contributed by atoms with Crippen molar-refractivity contribution in [2.24, 2.45) is 0 Å². The van der Waals surface area contributed by atoms with Crippen LogP contribution in [-0.2, 0) is 4.74 Å². The highest BCUT2D eigenvalue weighted by molar-refractivity contribution is 5.68. The van der Waals surface area contributed by atoms with Gasteiger partial charge in [-0.15, -0.1) is 0 Å². The van der Waals surface area contributed by atoms with Crippen molar-refractivity contribution in [1.29, 1.82) is 0 Å². The number of rotatable bonds is 3. The summed E-state index contributed by atoms with van der Waals surface area (Å²) in [5, 5.41) is 12.6. The minimum absolute atomic E-state index is 0.136. The summed E-state index contributed by atoms with van der Waals surface area (Å²) in [5.74, 6) is 0.249. The van der Waals surface area contributed by atoms with Crippen LogP contribution in [-0.4, -0.2) is 40.8 Å². The van der Waals surface area contributed by atoms with Crippen molar-refractivity contribution in [3.05, 3.63) is 24.3 Å². The second-order valence-corrected chi connectivity index (χ2v) is 6.75. The lowest BCUT2D eigenvalue weighted by Gasteiger charge is -2.37. The van der Waals surface area contributed by atoms with Crippen LogP contribution >= 0.6 is 0 Å². The Labute approximate surface area is 132 Å². The third-order valence-corrected chi connectivity index (χ3v) is 3.66. The first kappa shape index (κ1) is 16.5. The van der Waals surface area contributed by atoms with E-state index in [1.165, 1.54) is 0 Å². The number of amides is 1. The molecule has 122 valence electrons. The molecule has 5 heteroatoms. The lowest BCUT2D eigenvalue weighted by atomic mass is 10.0. The number of aromatic hydroxyl groups is 1. The number of carbonyl (C=O) groups excluding carboxylic acids is 1. The van der Waals surface area contributed by atoms with E-state index in [9.17, 15) is 9.90 Å². The van der Waals surface area contributed by atoms with Gasteiger partial charge in [-0.2, -0.15) is 0 Å². The molecule has 1 heterocycles. The first-order valence-corrected chi connectivity index (χ1v) is 7.88. The highest BCUT2D eigenvalue weighted by atomic mass is 16.6. The molecule has 1 aliphatic rings. The predicted molar refractivity (Wildman–Crippen MR) is 87.2 cm³/mol. The minimum atomic E-state index is -0.469. The van der Waals surface area contributed by atoms with Crippen LogP contribution < -0.4 is 5.32 Å². The van der Waals surface area contributed by atoms with Gasteiger partial charge in [0, 0.05) is 18.8 Å². The maximum Gasteiger partial charge on any atom is 0.410 e. The summed E-state index contributed by atoms with van der Waals surface area (Å²) in [4.78, 5) is 14.2. The minimum Gasteiger partial charge on any atom is -0.508 e. The Bertz CT molecular complexity index is 494. The van der Waals surface area contributed by atoms with Crippen molar-refractivity contribution < 1.29 is 14.6 Å². The zero-order valence-electron chi connectivity index (χ0n) is 13.6. The number of hydrogen-bond acceptors (Lipinski definition) is 4. The van der Waals surface area contributed by atoms with Crippen LogP contribution in [0, 0.1) is 0 Å². The highest BCUT2D eigenvalue weighted by Crippen LogP contribution is 2.21. The summed E-state index contributed by atoms with van der Waals surface area (Å²) >= 11 is 0. The van der Waals surface area contributed by atoms with Crippen LogP contribution in [0.1, 0.15) is 40.0 Å². The van der Waals surface area contributed by atoms with Crippen LogP contribution in [0.2, 0.25) is 0 Å². The lowest BCUT2D eigenvalue weighted by Crippen LogP contribution is -2.48. The molecule has 22 heavy (non-hydrogen) atoms. The topological polar surface area (TPSA) is 61.8 Å².